The number of halogens is 1. The second-order valence-corrected chi connectivity index (χ2v) is 8.18. The molecule has 0 radical (unpaired) electrons. The van der Waals surface area contributed by atoms with E-state index in [0.717, 1.165) is 11.3 Å². The van der Waals surface area contributed by atoms with Gasteiger partial charge in [0.05, 0.1) is 6.42 Å². The Hall–Kier alpha value is -1.94. The Morgan fingerprint density at radius 3 is 2.68 bits per heavy atom. The maximum Gasteiger partial charge on any atom is 0.307 e. The van der Waals surface area contributed by atoms with Gasteiger partial charge in [-0.05, 0) is 29.6 Å². The van der Waals surface area contributed by atoms with Crippen molar-refractivity contribution in [3.63, 3.8) is 0 Å². The van der Waals surface area contributed by atoms with Crippen molar-refractivity contribution in [1.29, 1.82) is 0 Å². The Balaban J connectivity index is 1.69. The van der Waals surface area contributed by atoms with Gasteiger partial charge in [0.15, 0.2) is 6.61 Å². The van der Waals surface area contributed by atoms with Crippen molar-refractivity contribution in [2.24, 2.45) is 0 Å². The maximum atomic E-state index is 11.8. The molecule has 2 N–H and O–H groups in total. The lowest BCUT2D eigenvalue weighted by Gasteiger charge is -2.07. The Labute approximate surface area is 154 Å². The van der Waals surface area contributed by atoms with Crippen LogP contribution < -0.4 is 10.0 Å². The highest BCUT2D eigenvalue weighted by atomic mass is 35.5. The third kappa shape index (κ3) is 6.46. The summed E-state index contributed by atoms with van der Waals surface area (Å²) in [5, 5.41) is 4.63. The number of amides is 1. The molecular weight excluding hydrogens is 388 g/mol. The molecule has 7 nitrogen and oxygen atoms in total. The van der Waals surface area contributed by atoms with E-state index in [2.05, 4.69) is 10.0 Å². The van der Waals surface area contributed by atoms with E-state index in [1.807, 2.05) is 0 Å². The molecule has 134 valence electrons. The Bertz CT molecular complexity index is 837. The van der Waals surface area contributed by atoms with E-state index in [1.165, 1.54) is 6.07 Å². The van der Waals surface area contributed by atoms with Crippen molar-refractivity contribution in [3.05, 3.63) is 46.8 Å². The molecule has 2 aromatic rings. The standard InChI is InChI=1S/C15H15ClN2O5S2/c16-11-3-1-4-12(9-11)18-13(19)10-23-14(20)6-7-17-25(21,22)15-5-2-8-24-15/h1-5,8-9,17H,6-7,10H2,(H,18,19). The number of ether oxygens (including phenoxy) is 1. The van der Waals surface area contributed by atoms with Crippen LogP contribution in [0.2, 0.25) is 5.02 Å². The highest BCUT2D eigenvalue weighted by Gasteiger charge is 2.15. The third-order valence-electron chi connectivity index (χ3n) is 2.85. The zero-order valence-electron chi connectivity index (χ0n) is 12.9. The minimum atomic E-state index is -3.62. The van der Waals surface area contributed by atoms with E-state index in [9.17, 15) is 18.0 Å². The molecule has 0 spiro atoms. The number of carbonyl (C=O) groups excluding carboxylic acids is 2. The van der Waals surface area contributed by atoms with Crippen LogP contribution in [0, 0.1) is 0 Å². The molecule has 1 aromatic heterocycles. The van der Waals surface area contributed by atoms with Crippen molar-refractivity contribution >= 4 is 50.5 Å². The monoisotopic (exact) mass is 402 g/mol. The fraction of sp³-hybridized carbons (Fsp3) is 0.200. The minimum absolute atomic E-state index is 0.116. The number of hydrogen-bond donors (Lipinski definition) is 2. The van der Waals surface area contributed by atoms with E-state index in [4.69, 9.17) is 16.3 Å². The van der Waals surface area contributed by atoms with E-state index < -0.39 is 28.5 Å². The lowest BCUT2D eigenvalue weighted by atomic mass is 10.3. The number of esters is 1. The van der Waals surface area contributed by atoms with Gasteiger partial charge in [-0.25, -0.2) is 13.1 Å². The summed E-state index contributed by atoms with van der Waals surface area (Å²) in [6, 6.07) is 9.61. The zero-order chi connectivity index (χ0) is 18.3. The predicted octanol–water partition coefficient (Wildman–Crippen LogP) is 2.25. The van der Waals surface area contributed by atoms with Crippen LogP contribution in [-0.2, 0) is 24.3 Å². The molecule has 2 rings (SSSR count). The number of rotatable bonds is 8. The van der Waals surface area contributed by atoms with Crippen LogP contribution in [0.1, 0.15) is 6.42 Å². The van der Waals surface area contributed by atoms with Gasteiger partial charge in [-0.3, -0.25) is 9.59 Å². The summed E-state index contributed by atoms with van der Waals surface area (Å²) in [4.78, 5) is 23.2. The molecule has 0 bridgehead atoms. The first-order valence-corrected chi connectivity index (χ1v) is 9.85. The topological polar surface area (TPSA) is 102 Å². The number of carbonyl (C=O) groups is 2. The van der Waals surface area contributed by atoms with Crippen LogP contribution in [0.4, 0.5) is 5.69 Å². The van der Waals surface area contributed by atoms with Crippen LogP contribution >= 0.6 is 22.9 Å². The summed E-state index contributed by atoms with van der Waals surface area (Å²) < 4.78 is 30.9. The average molecular weight is 403 g/mol. The van der Waals surface area contributed by atoms with E-state index in [0.29, 0.717) is 10.7 Å². The number of sulfonamides is 1. The molecule has 0 aliphatic rings. The molecule has 1 heterocycles. The normalized spacial score (nSPS) is 11.1. The number of benzene rings is 1. The first kappa shape index (κ1) is 19.4. The van der Waals surface area contributed by atoms with Gasteiger partial charge in [-0.1, -0.05) is 23.7 Å². The molecule has 25 heavy (non-hydrogen) atoms. The molecule has 0 aliphatic heterocycles. The lowest BCUT2D eigenvalue weighted by molar-refractivity contribution is -0.147. The minimum Gasteiger partial charge on any atom is -0.456 e. The van der Waals surface area contributed by atoms with Gasteiger partial charge in [0, 0.05) is 17.3 Å². The van der Waals surface area contributed by atoms with Crippen LogP contribution in [-0.4, -0.2) is 33.4 Å². The van der Waals surface area contributed by atoms with Gasteiger partial charge in [0.1, 0.15) is 4.21 Å². The molecular formula is C15H15ClN2O5S2. The summed E-state index contributed by atoms with van der Waals surface area (Å²) in [7, 11) is -3.62. The fourth-order valence-electron chi connectivity index (χ4n) is 1.76. The first-order chi connectivity index (χ1) is 11.9. The summed E-state index contributed by atoms with van der Waals surface area (Å²) >= 11 is 6.87. The molecule has 10 heteroatoms. The van der Waals surface area contributed by atoms with Crippen molar-refractivity contribution in [2.75, 3.05) is 18.5 Å². The molecule has 1 aromatic carbocycles. The summed E-state index contributed by atoms with van der Waals surface area (Å²) in [5.74, 6) is -1.20. The fourth-order valence-corrected chi connectivity index (χ4v) is 4.02. The smallest absolute Gasteiger partial charge is 0.307 e. The number of anilines is 1. The van der Waals surface area contributed by atoms with Crippen LogP contribution in [0.5, 0.6) is 0 Å². The second kappa shape index (κ2) is 8.95. The molecule has 1 amide bonds. The zero-order valence-corrected chi connectivity index (χ0v) is 15.3. The van der Waals surface area contributed by atoms with Gasteiger partial charge in [-0.15, -0.1) is 11.3 Å². The van der Waals surface area contributed by atoms with E-state index in [-0.39, 0.29) is 17.2 Å². The van der Waals surface area contributed by atoms with Gasteiger partial charge in [0.25, 0.3) is 5.91 Å². The van der Waals surface area contributed by atoms with Crippen LogP contribution in [0.15, 0.2) is 46.0 Å². The van der Waals surface area contributed by atoms with E-state index >= 15 is 0 Å². The highest BCUT2D eigenvalue weighted by Crippen LogP contribution is 2.15. The summed E-state index contributed by atoms with van der Waals surface area (Å²) in [6.07, 6.45) is -0.185. The second-order valence-electron chi connectivity index (χ2n) is 4.80. The quantitative estimate of drug-likeness (QED) is 0.659. The molecule has 0 saturated carbocycles. The van der Waals surface area contributed by atoms with Crippen molar-refractivity contribution in [3.8, 4) is 0 Å². The lowest BCUT2D eigenvalue weighted by Crippen LogP contribution is -2.27. The molecule has 0 aliphatic carbocycles. The molecule has 0 unspecified atom stereocenters. The number of nitrogens with one attached hydrogen (secondary N) is 2. The van der Waals surface area contributed by atoms with Crippen molar-refractivity contribution in [2.45, 2.75) is 10.6 Å². The van der Waals surface area contributed by atoms with Crippen molar-refractivity contribution in [1.82, 2.24) is 4.72 Å². The van der Waals surface area contributed by atoms with E-state index in [1.54, 1.807) is 35.7 Å². The largest absolute Gasteiger partial charge is 0.456 e. The molecule has 0 atom stereocenters. The summed E-state index contributed by atoms with van der Waals surface area (Å²) in [5.41, 5.74) is 0.484. The number of hydrogen-bond acceptors (Lipinski definition) is 6. The highest BCUT2D eigenvalue weighted by molar-refractivity contribution is 7.91. The van der Waals surface area contributed by atoms with Crippen LogP contribution in [0.25, 0.3) is 0 Å². The summed E-state index contributed by atoms with van der Waals surface area (Å²) in [6.45, 7) is -0.585. The van der Waals surface area contributed by atoms with Gasteiger partial charge >= 0.3 is 5.97 Å². The predicted molar refractivity (Wildman–Crippen MR) is 95.2 cm³/mol. The van der Waals surface area contributed by atoms with Gasteiger partial charge in [-0.2, -0.15) is 0 Å². The maximum absolute atomic E-state index is 11.8. The van der Waals surface area contributed by atoms with Gasteiger partial charge < -0.3 is 10.1 Å². The van der Waals surface area contributed by atoms with Crippen LogP contribution in [0.3, 0.4) is 0 Å². The third-order valence-corrected chi connectivity index (χ3v) is 5.95. The number of thiophene rings is 1. The van der Waals surface area contributed by atoms with Gasteiger partial charge in [0.2, 0.25) is 10.0 Å². The molecule has 0 saturated heterocycles. The Morgan fingerprint density at radius 2 is 2.00 bits per heavy atom. The van der Waals surface area contributed by atoms with Crippen molar-refractivity contribution < 1.29 is 22.7 Å². The Morgan fingerprint density at radius 1 is 1.20 bits per heavy atom. The average Bonchev–Trinajstić information content (AvgIpc) is 3.08. The SMILES string of the molecule is O=C(COC(=O)CCNS(=O)(=O)c1cccs1)Nc1cccc(Cl)c1. The first-order valence-electron chi connectivity index (χ1n) is 7.11. The molecule has 0 fully saturated rings. The Kier molecular flexibility index (Phi) is 6.94.